The Morgan fingerprint density at radius 3 is 2.47 bits per heavy atom. The zero-order valence-electron chi connectivity index (χ0n) is 8.52. The summed E-state index contributed by atoms with van der Waals surface area (Å²) in [5, 5.41) is 0.00301. The van der Waals surface area contributed by atoms with Crippen LogP contribution in [0.5, 0.6) is 5.75 Å². The normalized spacial score (nSPS) is 13.3. The van der Waals surface area contributed by atoms with Gasteiger partial charge in [-0.05, 0) is 25.1 Å². The average Bonchev–Trinajstić information content (AvgIpc) is 2.12. The van der Waals surface area contributed by atoms with Gasteiger partial charge in [-0.15, -0.1) is 13.2 Å². The first-order valence-electron chi connectivity index (χ1n) is 4.43. The van der Waals surface area contributed by atoms with E-state index in [1.165, 1.54) is 6.07 Å². The van der Waals surface area contributed by atoms with E-state index >= 15 is 0 Å². The Morgan fingerprint density at radius 2 is 2.00 bits per heavy atom. The number of carbonyl (C=O) groups excluding carboxylic acids is 1. The topological polar surface area (TPSA) is 26.3 Å². The van der Waals surface area contributed by atoms with Crippen LogP contribution in [-0.4, -0.2) is 17.0 Å². The summed E-state index contributed by atoms with van der Waals surface area (Å²) >= 11 is 8.64. The first-order valence-corrected chi connectivity index (χ1v) is 5.73. The van der Waals surface area contributed by atoms with Gasteiger partial charge in [0.2, 0.25) is 0 Å². The van der Waals surface area contributed by atoms with Crippen LogP contribution in [0.2, 0.25) is 5.02 Å². The van der Waals surface area contributed by atoms with Gasteiger partial charge in [0.1, 0.15) is 5.75 Å². The van der Waals surface area contributed by atoms with E-state index in [0.717, 1.165) is 12.1 Å². The highest BCUT2D eigenvalue weighted by Gasteiger charge is 2.31. The second-order valence-electron chi connectivity index (χ2n) is 3.20. The quantitative estimate of drug-likeness (QED) is 0.613. The highest BCUT2D eigenvalue weighted by molar-refractivity contribution is 9.10. The maximum Gasteiger partial charge on any atom is 0.573 e. The van der Waals surface area contributed by atoms with Gasteiger partial charge in [0.25, 0.3) is 0 Å². The van der Waals surface area contributed by atoms with Crippen molar-refractivity contribution in [3.05, 3.63) is 28.8 Å². The van der Waals surface area contributed by atoms with Gasteiger partial charge < -0.3 is 4.74 Å². The predicted octanol–water partition coefficient (Wildman–Crippen LogP) is 4.20. The maximum atomic E-state index is 12.0. The molecule has 0 aliphatic carbocycles. The lowest BCUT2D eigenvalue weighted by Crippen LogP contribution is -2.18. The Hall–Kier alpha value is -0.750. The van der Waals surface area contributed by atoms with Crippen molar-refractivity contribution in [3.63, 3.8) is 0 Å². The minimum atomic E-state index is -4.81. The van der Waals surface area contributed by atoms with Gasteiger partial charge in [-0.3, -0.25) is 4.79 Å². The van der Waals surface area contributed by atoms with Gasteiger partial charge >= 0.3 is 6.36 Å². The number of carbonyl (C=O) groups is 1. The van der Waals surface area contributed by atoms with Crippen molar-refractivity contribution in [2.24, 2.45) is 0 Å². The molecule has 1 atom stereocenters. The molecule has 0 spiro atoms. The fourth-order valence-electron chi connectivity index (χ4n) is 1.13. The Bertz CT molecular complexity index is 432. The lowest BCUT2D eigenvalue weighted by atomic mass is 10.1. The smallest absolute Gasteiger partial charge is 0.406 e. The van der Waals surface area contributed by atoms with Crippen molar-refractivity contribution in [1.29, 1.82) is 0 Å². The van der Waals surface area contributed by atoms with Crippen molar-refractivity contribution >= 4 is 33.3 Å². The molecular formula is C10H7BrClF3O2. The van der Waals surface area contributed by atoms with Gasteiger partial charge in [0.05, 0.1) is 4.83 Å². The van der Waals surface area contributed by atoms with E-state index in [0.29, 0.717) is 0 Å². The summed E-state index contributed by atoms with van der Waals surface area (Å²) < 4.78 is 39.7. The number of ether oxygens (including phenoxy) is 1. The summed E-state index contributed by atoms with van der Waals surface area (Å²) in [5.74, 6) is -0.888. The molecule has 0 saturated heterocycles. The fraction of sp³-hybridized carbons (Fsp3) is 0.300. The number of ketones is 1. The van der Waals surface area contributed by atoms with Crippen LogP contribution in [0.3, 0.4) is 0 Å². The van der Waals surface area contributed by atoms with E-state index in [9.17, 15) is 18.0 Å². The molecule has 0 fully saturated rings. The van der Waals surface area contributed by atoms with E-state index < -0.39 is 16.9 Å². The van der Waals surface area contributed by atoms with Gasteiger partial charge in [-0.1, -0.05) is 27.5 Å². The number of hydrogen-bond acceptors (Lipinski definition) is 2. The summed E-state index contributed by atoms with van der Waals surface area (Å²) in [6.45, 7) is 1.56. The molecule has 0 N–H and O–H groups in total. The number of halogens is 5. The lowest BCUT2D eigenvalue weighted by molar-refractivity contribution is -0.274. The number of hydrogen-bond donors (Lipinski definition) is 0. The van der Waals surface area contributed by atoms with Crippen molar-refractivity contribution < 1.29 is 22.7 Å². The van der Waals surface area contributed by atoms with E-state index in [1.54, 1.807) is 6.92 Å². The molecule has 1 rings (SSSR count). The molecule has 1 aromatic carbocycles. The molecule has 0 aliphatic rings. The average molecular weight is 332 g/mol. The molecule has 0 radical (unpaired) electrons. The second kappa shape index (κ2) is 5.27. The highest BCUT2D eigenvalue weighted by Crippen LogP contribution is 2.27. The van der Waals surface area contributed by atoms with Crippen molar-refractivity contribution in [2.45, 2.75) is 18.1 Å². The Morgan fingerprint density at radius 1 is 1.41 bits per heavy atom. The molecule has 7 heteroatoms. The zero-order valence-corrected chi connectivity index (χ0v) is 10.9. The summed E-state index contributed by atoms with van der Waals surface area (Å²) in [6, 6.07) is 3.27. The molecule has 94 valence electrons. The zero-order chi connectivity index (χ0) is 13.2. The minimum Gasteiger partial charge on any atom is -0.406 e. The van der Waals surface area contributed by atoms with E-state index in [4.69, 9.17) is 11.6 Å². The van der Waals surface area contributed by atoms with Gasteiger partial charge in [0.15, 0.2) is 5.78 Å². The van der Waals surface area contributed by atoms with Crippen molar-refractivity contribution in [1.82, 2.24) is 0 Å². The van der Waals surface area contributed by atoms with Gasteiger partial charge in [-0.25, -0.2) is 0 Å². The molecule has 0 bridgehead atoms. The molecule has 17 heavy (non-hydrogen) atoms. The van der Waals surface area contributed by atoms with Crippen LogP contribution in [0.4, 0.5) is 13.2 Å². The summed E-state index contributed by atoms with van der Waals surface area (Å²) in [7, 11) is 0. The predicted molar refractivity (Wildman–Crippen MR) is 60.9 cm³/mol. The van der Waals surface area contributed by atoms with Gasteiger partial charge in [-0.2, -0.15) is 0 Å². The molecule has 2 nitrogen and oxygen atoms in total. The van der Waals surface area contributed by atoms with Crippen LogP contribution in [-0.2, 0) is 0 Å². The first kappa shape index (κ1) is 14.3. The molecule has 0 amide bonds. The third-order valence-corrected chi connectivity index (χ3v) is 2.38. The Labute approximate surface area is 109 Å². The lowest BCUT2D eigenvalue weighted by Gasteiger charge is -2.11. The highest BCUT2D eigenvalue weighted by atomic mass is 79.9. The van der Waals surface area contributed by atoms with Crippen molar-refractivity contribution in [3.8, 4) is 5.75 Å². The fourth-order valence-corrected chi connectivity index (χ4v) is 1.62. The molecule has 0 aliphatic heterocycles. The molecule has 1 unspecified atom stereocenters. The molecular weight excluding hydrogens is 324 g/mol. The van der Waals surface area contributed by atoms with E-state index in [-0.39, 0.29) is 16.4 Å². The molecule has 0 aromatic heterocycles. The second-order valence-corrected chi connectivity index (χ2v) is 5.01. The van der Waals surface area contributed by atoms with Crippen LogP contribution in [0, 0.1) is 0 Å². The van der Waals surface area contributed by atoms with Crippen LogP contribution in [0.1, 0.15) is 17.3 Å². The monoisotopic (exact) mass is 330 g/mol. The number of rotatable bonds is 3. The summed E-state index contributed by atoms with van der Waals surface area (Å²) in [5.41, 5.74) is 0.0566. The number of alkyl halides is 4. The minimum absolute atomic E-state index is 0.00301. The largest absolute Gasteiger partial charge is 0.573 e. The standard InChI is InChI=1S/C10H7BrClF3O2/c1-5(11)9(16)6-2-7(12)4-8(3-6)17-10(13,14)15/h2-5H,1H3. The van der Waals surface area contributed by atoms with Crippen LogP contribution in [0.15, 0.2) is 18.2 Å². The first-order chi connectivity index (χ1) is 7.69. The van der Waals surface area contributed by atoms with Gasteiger partial charge in [0, 0.05) is 10.6 Å². The van der Waals surface area contributed by atoms with E-state index in [1.807, 2.05) is 0 Å². The third-order valence-electron chi connectivity index (χ3n) is 1.75. The van der Waals surface area contributed by atoms with Crippen molar-refractivity contribution in [2.75, 3.05) is 0 Å². The Balaban J connectivity index is 3.07. The van der Waals surface area contributed by atoms with Crippen LogP contribution >= 0.6 is 27.5 Å². The molecule has 1 aromatic rings. The van der Waals surface area contributed by atoms with E-state index in [2.05, 4.69) is 20.7 Å². The summed E-state index contributed by atoms with van der Waals surface area (Å²) in [4.78, 5) is 11.1. The third kappa shape index (κ3) is 4.55. The maximum absolute atomic E-state index is 12.0. The molecule has 0 heterocycles. The number of benzene rings is 1. The Kier molecular flexibility index (Phi) is 4.43. The molecule has 0 saturated carbocycles. The van der Waals surface area contributed by atoms with Crippen LogP contribution in [0.25, 0.3) is 0 Å². The summed E-state index contributed by atoms with van der Waals surface area (Å²) in [6.07, 6.45) is -4.81. The number of Topliss-reactive ketones (excluding diaryl/α,β-unsaturated/α-hetero) is 1. The van der Waals surface area contributed by atoms with Crippen LogP contribution < -0.4 is 4.74 Å². The SMILES string of the molecule is CC(Br)C(=O)c1cc(Cl)cc(OC(F)(F)F)c1.